The highest BCUT2D eigenvalue weighted by atomic mass is 32.2. The Hall–Kier alpha value is -1.90. The van der Waals surface area contributed by atoms with Gasteiger partial charge in [0.05, 0.1) is 5.69 Å². The normalized spacial score (nSPS) is 16.4. The molecule has 0 aromatic carbocycles. The van der Waals surface area contributed by atoms with E-state index >= 15 is 0 Å². The smallest absolute Gasteiger partial charge is 0.232 e. The van der Waals surface area contributed by atoms with E-state index in [1.54, 1.807) is 12.4 Å². The molecule has 0 radical (unpaired) electrons. The molecule has 0 aliphatic heterocycles. The standard InChI is InChI=1S/C19H23N5OS2/c1-19(2,3)12-7-13(10-8-22-18(21)23-9-10)24-16-14(12)15(20)17(26-16)27(25)11-5-4-6-11/h7-9,11H,4-6,20H2,1-3H3,(H2,21,22,23)/t27-/m1/s1. The van der Waals surface area contributed by atoms with Crippen molar-refractivity contribution in [1.29, 1.82) is 0 Å². The number of anilines is 2. The molecular formula is C19H23N5OS2. The summed E-state index contributed by atoms with van der Waals surface area (Å²) in [5, 5.41) is 1.15. The van der Waals surface area contributed by atoms with Gasteiger partial charge in [0.25, 0.3) is 0 Å². The van der Waals surface area contributed by atoms with Gasteiger partial charge >= 0.3 is 0 Å². The molecule has 6 nitrogen and oxygen atoms in total. The van der Waals surface area contributed by atoms with Gasteiger partial charge in [0.1, 0.15) is 15.8 Å². The summed E-state index contributed by atoms with van der Waals surface area (Å²) in [6.45, 7) is 6.43. The van der Waals surface area contributed by atoms with E-state index in [1.807, 2.05) is 6.07 Å². The lowest BCUT2D eigenvalue weighted by molar-refractivity contribution is 0.478. The largest absolute Gasteiger partial charge is 0.611 e. The highest BCUT2D eigenvalue weighted by Gasteiger charge is 2.35. The van der Waals surface area contributed by atoms with E-state index in [4.69, 9.17) is 16.5 Å². The fourth-order valence-electron chi connectivity index (χ4n) is 3.20. The van der Waals surface area contributed by atoms with Gasteiger partial charge in [0.2, 0.25) is 10.2 Å². The molecule has 0 unspecified atom stereocenters. The first-order valence-electron chi connectivity index (χ1n) is 8.97. The fourth-order valence-corrected chi connectivity index (χ4v) is 6.41. The highest BCUT2D eigenvalue weighted by molar-refractivity contribution is 7.94. The number of thiophene rings is 1. The topological polar surface area (TPSA) is 114 Å². The highest BCUT2D eigenvalue weighted by Crippen LogP contribution is 2.45. The van der Waals surface area contributed by atoms with E-state index < -0.39 is 11.2 Å². The molecule has 1 atom stereocenters. The Morgan fingerprint density at radius 2 is 1.85 bits per heavy atom. The molecule has 3 aromatic rings. The quantitative estimate of drug-likeness (QED) is 0.644. The number of nitrogen functional groups attached to an aromatic ring is 2. The Morgan fingerprint density at radius 3 is 2.41 bits per heavy atom. The van der Waals surface area contributed by atoms with Crippen molar-refractivity contribution >= 4 is 44.4 Å². The molecule has 0 saturated heterocycles. The molecule has 0 bridgehead atoms. The van der Waals surface area contributed by atoms with Crippen molar-refractivity contribution in [2.45, 2.75) is 54.9 Å². The third kappa shape index (κ3) is 3.26. The van der Waals surface area contributed by atoms with Crippen molar-refractivity contribution in [3.63, 3.8) is 0 Å². The SMILES string of the molecule is CC(C)(C)c1cc(-c2cnc(N)nc2)nc2sc([S@+]([O-])C3CCC3)c(N)c12. The molecule has 4 N–H and O–H groups in total. The van der Waals surface area contributed by atoms with Crippen LogP contribution in [0.4, 0.5) is 11.6 Å². The molecule has 27 heavy (non-hydrogen) atoms. The van der Waals surface area contributed by atoms with Crippen molar-refractivity contribution in [3.05, 3.63) is 24.0 Å². The molecule has 1 aliphatic carbocycles. The summed E-state index contributed by atoms with van der Waals surface area (Å²) in [4.78, 5) is 13.8. The van der Waals surface area contributed by atoms with Gasteiger partial charge in [-0.1, -0.05) is 32.1 Å². The number of pyridine rings is 1. The lowest BCUT2D eigenvalue weighted by atomic mass is 9.84. The van der Waals surface area contributed by atoms with E-state index in [-0.39, 0.29) is 16.6 Å². The van der Waals surface area contributed by atoms with Crippen molar-refractivity contribution in [2.24, 2.45) is 0 Å². The molecule has 8 heteroatoms. The van der Waals surface area contributed by atoms with Crippen LogP contribution in [0.2, 0.25) is 0 Å². The molecule has 4 rings (SSSR count). The van der Waals surface area contributed by atoms with Crippen molar-refractivity contribution in [3.8, 4) is 11.3 Å². The Kier molecular flexibility index (Phi) is 4.52. The van der Waals surface area contributed by atoms with Gasteiger partial charge in [-0.15, -0.1) is 0 Å². The fraction of sp³-hybridized carbons (Fsp3) is 0.421. The van der Waals surface area contributed by atoms with Crippen molar-refractivity contribution in [2.75, 3.05) is 11.5 Å². The van der Waals surface area contributed by atoms with E-state index in [2.05, 4.69) is 30.7 Å². The summed E-state index contributed by atoms with van der Waals surface area (Å²) >= 11 is 0.388. The van der Waals surface area contributed by atoms with E-state index in [9.17, 15) is 4.55 Å². The third-order valence-corrected chi connectivity index (χ3v) is 8.28. The van der Waals surface area contributed by atoms with Crippen LogP contribution in [0.5, 0.6) is 0 Å². The molecule has 3 heterocycles. The van der Waals surface area contributed by atoms with Crippen molar-refractivity contribution in [1.82, 2.24) is 15.0 Å². The van der Waals surface area contributed by atoms with Crippen LogP contribution in [-0.4, -0.2) is 24.8 Å². The van der Waals surface area contributed by atoms with Crippen LogP contribution >= 0.6 is 11.3 Å². The molecule has 0 amide bonds. The van der Waals surface area contributed by atoms with Gasteiger partial charge in [0.15, 0.2) is 0 Å². The molecule has 1 saturated carbocycles. The first kappa shape index (κ1) is 18.5. The summed E-state index contributed by atoms with van der Waals surface area (Å²) < 4.78 is 13.7. The number of hydrogen-bond donors (Lipinski definition) is 2. The van der Waals surface area contributed by atoms with Gasteiger partial charge in [-0.3, -0.25) is 0 Å². The maximum Gasteiger partial charge on any atom is 0.232 e. The zero-order valence-electron chi connectivity index (χ0n) is 15.7. The minimum Gasteiger partial charge on any atom is -0.611 e. The second-order valence-corrected chi connectivity index (χ2v) is 10.9. The number of hydrogen-bond acceptors (Lipinski definition) is 7. The molecule has 1 fully saturated rings. The van der Waals surface area contributed by atoms with Gasteiger partial charge < -0.3 is 16.0 Å². The molecular weight excluding hydrogens is 378 g/mol. The van der Waals surface area contributed by atoms with Crippen LogP contribution in [0.15, 0.2) is 22.7 Å². The van der Waals surface area contributed by atoms with Crippen LogP contribution in [0.3, 0.4) is 0 Å². The second-order valence-electron chi connectivity index (χ2n) is 7.97. The second kappa shape index (κ2) is 6.61. The van der Waals surface area contributed by atoms with Gasteiger partial charge in [-0.2, -0.15) is 0 Å². The first-order valence-corrected chi connectivity index (χ1v) is 11.0. The van der Waals surface area contributed by atoms with Crippen LogP contribution in [0.25, 0.3) is 21.5 Å². The zero-order chi connectivity index (χ0) is 19.3. The minimum absolute atomic E-state index is 0.144. The summed E-state index contributed by atoms with van der Waals surface area (Å²) in [5.41, 5.74) is 15.2. The summed E-state index contributed by atoms with van der Waals surface area (Å²) in [6, 6.07) is 2.04. The van der Waals surface area contributed by atoms with E-state index in [0.717, 1.165) is 50.5 Å². The molecule has 142 valence electrons. The van der Waals surface area contributed by atoms with Crippen LogP contribution < -0.4 is 11.5 Å². The predicted molar refractivity (Wildman–Crippen MR) is 112 cm³/mol. The maximum atomic E-state index is 13.0. The third-order valence-electron chi connectivity index (χ3n) is 4.98. The van der Waals surface area contributed by atoms with Crippen LogP contribution in [0.1, 0.15) is 45.6 Å². The lowest BCUT2D eigenvalue weighted by Crippen LogP contribution is -2.28. The lowest BCUT2D eigenvalue weighted by Gasteiger charge is -2.27. The number of nitrogens with two attached hydrogens (primary N) is 2. The number of nitrogens with zero attached hydrogens (tertiary/aromatic N) is 3. The minimum atomic E-state index is -1.06. The van der Waals surface area contributed by atoms with Gasteiger partial charge in [-0.25, -0.2) is 15.0 Å². The Morgan fingerprint density at radius 1 is 1.19 bits per heavy atom. The zero-order valence-corrected chi connectivity index (χ0v) is 17.3. The van der Waals surface area contributed by atoms with Gasteiger partial charge in [0, 0.05) is 34.5 Å². The van der Waals surface area contributed by atoms with Crippen molar-refractivity contribution < 1.29 is 4.55 Å². The Balaban J connectivity index is 1.92. The van der Waals surface area contributed by atoms with Crippen LogP contribution in [0, 0.1) is 0 Å². The molecule has 1 aliphatic rings. The average Bonchev–Trinajstić information content (AvgIpc) is 2.89. The monoisotopic (exact) mass is 401 g/mol. The number of rotatable bonds is 3. The van der Waals surface area contributed by atoms with Gasteiger partial charge in [-0.05, 0) is 36.3 Å². The summed E-state index contributed by atoms with van der Waals surface area (Å²) in [5.74, 6) is 0.231. The summed E-state index contributed by atoms with van der Waals surface area (Å²) in [6.07, 6.45) is 6.51. The Bertz CT molecular complexity index is 990. The number of aromatic nitrogens is 3. The van der Waals surface area contributed by atoms with Crippen LogP contribution in [-0.2, 0) is 16.6 Å². The predicted octanol–water partition coefficient (Wildman–Crippen LogP) is 3.88. The van der Waals surface area contributed by atoms with E-state index in [0.29, 0.717) is 5.69 Å². The van der Waals surface area contributed by atoms with E-state index in [1.165, 1.54) is 11.3 Å². The molecule has 3 aromatic heterocycles. The maximum absolute atomic E-state index is 13.0. The average molecular weight is 402 g/mol. The number of fused-ring (bicyclic) bond motifs is 1. The summed E-state index contributed by atoms with van der Waals surface area (Å²) in [7, 11) is 0. The Labute approximate surface area is 165 Å². The molecule has 0 spiro atoms. The first-order chi connectivity index (χ1) is 12.8.